The molecule has 0 radical (unpaired) electrons. The summed E-state index contributed by atoms with van der Waals surface area (Å²) in [7, 11) is 0. The number of hydrogen-bond donors (Lipinski definition) is 1. The minimum Gasteiger partial charge on any atom is -0.459 e. The molecule has 14 heteroatoms. The number of urea groups is 1. The Kier molecular flexibility index (Phi) is 7.58. The molecule has 2 fully saturated rings. The smallest absolute Gasteiger partial charge is 0.338 e. The van der Waals surface area contributed by atoms with Crippen LogP contribution >= 0.6 is 11.6 Å². The van der Waals surface area contributed by atoms with E-state index in [0.717, 1.165) is 4.90 Å². The summed E-state index contributed by atoms with van der Waals surface area (Å²) in [4.78, 5) is 52.9. The molecular formula is C23H19ClFN5O7. The van der Waals surface area contributed by atoms with Crippen LogP contribution in [0.2, 0.25) is 5.02 Å². The Hall–Kier alpha value is -4.19. The first-order chi connectivity index (χ1) is 17.7. The van der Waals surface area contributed by atoms with Crippen molar-refractivity contribution in [3.63, 3.8) is 0 Å². The Balaban J connectivity index is 1.65. The van der Waals surface area contributed by atoms with E-state index < -0.39 is 54.7 Å². The summed E-state index contributed by atoms with van der Waals surface area (Å²) in [6, 6.07) is 12.4. The number of azide groups is 1. The lowest BCUT2D eigenvalue weighted by Crippen LogP contribution is -2.56. The molecule has 192 valence electrons. The fourth-order valence-corrected chi connectivity index (χ4v) is 4.07. The first-order valence-corrected chi connectivity index (χ1v) is 11.3. The molecule has 12 nitrogen and oxygen atoms in total. The molecule has 37 heavy (non-hydrogen) atoms. The van der Waals surface area contributed by atoms with Gasteiger partial charge in [-0.25, -0.2) is 18.8 Å². The quantitative estimate of drug-likeness (QED) is 0.248. The molecule has 0 spiro atoms. The number of carbonyl (C=O) groups is 4. The van der Waals surface area contributed by atoms with E-state index in [-0.39, 0.29) is 29.1 Å². The second kappa shape index (κ2) is 10.8. The van der Waals surface area contributed by atoms with Gasteiger partial charge in [0.2, 0.25) is 11.6 Å². The average Bonchev–Trinajstić information content (AvgIpc) is 3.14. The van der Waals surface area contributed by atoms with Crippen molar-refractivity contribution >= 4 is 35.5 Å². The highest BCUT2D eigenvalue weighted by molar-refractivity contribution is 6.30. The Morgan fingerprint density at radius 2 is 1.92 bits per heavy atom. The number of benzene rings is 2. The highest BCUT2D eigenvalue weighted by Crippen LogP contribution is 2.40. The summed E-state index contributed by atoms with van der Waals surface area (Å²) in [5.74, 6) is -2.46. The minimum absolute atomic E-state index is 0.0432. The molecule has 2 aromatic carbocycles. The van der Waals surface area contributed by atoms with Gasteiger partial charge < -0.3 is 14.2 Å². The van der Waals surface area contributed by atoms with Crippen LogP contribution in [0.15, 0.2) is 59.7 Å². The number of halogens is 2. The lowest BCUT2D eigenvalue weighted by molar-refractivity contribution is -0.142. The minimum atomic E-state index is -2.39. The van der Waals surface area contributed by atoms with Crippen LogP contribution < -0.4 is 5.32 Å². The fourth-order valence-electron chi connectivity index (χ4n) is 3.88. The summed E-state index contributed by atoms with van der Waals surface area (Å²) < 4.78 is 32.2. The normalized spacial score (nSPS) is 25.1. The standard InChI is InChI=1S/C23H19ClFN5O7/c24-15-8-4-7-14(11-15)20(32)35-12-23(28-29-26)18(36-21(33)13-5-2-1-3-6-13)17(25)19(37-23)30-10-9-16(31)27-22(30)34/h1-8,11,17-19H,9-10,12H2,(H,27,31,34)/t17-,18-,19+,23+/m0/s1. The number of rotatable bonds is 7. The number of ether oxygens (including phenoxy) is 3. The largest absolute Gasteiger partial charge is 0.459 e. The van der Waals surface area contributed by atoms with E-state index in [0.29, 0.717) is 0 Å². The number of alkyl halides is 1. The van der Waals surface area contributed by atoms with Crippen LogP contribution in [-0.2, 0) is 19.0 Å². The predicted octanol–water partition coefficient (Wildman–Crippen LogP) is 3.37. The van der Waals surface area contributed by atoms with Gasteiger partial charge in [-0.05, 0) is 35.9 Å². The van der Waals surface area contributed by atoms with Crippen molar-refractivity contribution in [2.75, 3.05) is 13.2 Å². The maximum Gasteiger partial charge on any atom is 0.338 e. The lowest BCUT2D eigenvalue weighted by Gasteiger charge is -2.32. The molecular weight excluding hydrogens is 513 g/mol. The van der Waals surface area contributed by atoms with E-state index in [1.54, 1.807) is 18.2 Å². The summed E-state index contributed by atoms with van der Waals surface area (Å²) in [5, 5.41) is 5.80. The number of carbonyl (C=O) groups excluding carboxylic acids is 4. The number of imide groups is 1. The molecule has 4 rings (SSSR count). The van der Waals surface area contributed by atoms with Crippen molar-refractivity contribution < 1.29 is 37.8 Å². The van der Waals surface area contributed by atoms with Crippen molar-refractivity contribution in [3.8, 4) is 0 Å². The molecule has 0 aromatic heterocycles. The third-order valence-electron chi connectivity index (χ3n) is 5.65. The molecule has 2 aromatic rings. The Labute approximate surface area is 213 Å². The first-order valence-electron chi connectivity index (χ1n) is 10.9. The predicted molar refractivity (Wildman–Crippen MR) is 124 cm³/mol. The van der Waals surface area contributed by atoms with Gasteiger partial charge in [-0.2, -0.15) is 0 Å². The van der Waals surface area contributed by atoms with Gasteiger partial charge in [-0.15, -0.1) is 0 Å². The maximum atomic E-state index is 15.9. The third-order valence-corrected chi connectivity index (χ3v) is 5.89. The highest BCUT2D eigenvalue weighted by Gasteiger charge is 2.61. The molecule has 0 aliphatic carbocycles. The van der Waals surface area contributed by atoms with Crippen LogP contribution in [0.25, 0.3) is 10.4 Å². The Morgan fingerprint density at radius 1 is 1.19 bits per heavy atom. The number of nitrogens with one attached hydrogen (secondary N) is 1. The maximum absolute atomic E-state index is 15.9. The number of hydrogen-bond acceptors (Lipinski definition) is 8. The van der Waals surface area contributed by atoms with E-state index >= 15 is 4.39 Å². The molecule has 2 aliphatic heterocycles. The van der Waals surface area contributed by atoms with E-state index in [2.05, 4.69) is 10.0 Å². The van der Waals surface area contributed by atoms with E-state index in [4.69, 9.17) is 25.8 Å². The molecule has 2 heterocycles. The number of amides is 3. The van der Waals surface area contributed by atoms with E-state index in [1.807, 2.05) is 5.32 Å². The molecule has 0 unspecified atom stereocenters. The van der Waals surface area contributed by atoms with Gasteiger partial charge in [0.1, 0.15) is 6.61 Å². The van der Waals surface area contributed by atoms with Gasteiger partial charge >= 0.3 is 18.0 Å². The van der Waals surface area contributed by atoms with E-state index in [1.165, 1.54) is 36.4 Å². The summed E-state index contributed by atoms with van der Waals surface area (Å²) in [5.41, 5.74) is 6.98. The van der Waals surface area contributed by atoms with Crippen LogP contribution in [0.4, 0.5) is 9.18 Å². The zero-order chi connectivity index (χ0) is 26.6. The summed E-state index contributed by atoms with van der Waals surface area (Å²) in [6.45, 7) is -1.09. The molecule has 1 N–H and O–H groups in total. The number of nitrogens with zero attached hydrogens (tertiary/aromatic N) is 4. The van der Waals surface area contributed by atoms with Gasteiger partial charge in [0.25, 0.3) is 0 Å². The molecule has 0 bridgehead atoms. The molecule has 2 aliphatic rings. The lowest BCUT2D eigenvalue weighted by atomic mass is 10.1. The Morgan fingerprint density at radius 3 is 2.59 bits per heavy atom. The summed E-state index contributed by atoms with van der Waals surface area (Å²) >= 11 is 5.91. The van der Waals surface area contributed by atoms with Crippen LogP contribution in [0.1, 0.15) is 27.1 Å². The SMILES string of the molecule is [N-]=[N+]=N[C@]1(COC(=O)c2cccc(Cl)c2)O[C@@H](N2CCC(=O)NC2=O)[C@@H](F)[C@@H]1OC(=O)c1ccccc1. The van der Waals surface area contributed by atoms with Crippen LogP contribution in [0.5, 0.6) is 0 Å². The van der Waals surface area contributed by atoms with Gasteiger partial charge in [0, 0.05) is 22.9 Å². The van der Waals surface area contributed by atoms with Gasteiger partial charge in [-0.1, -0.05) is 41.0 Å². The van der Waals surface area contributed by atoms with Crippen molar-refractivity contribution in [3.05, 3.63) is 81.2 Å². The molecule has 0 saturated carbocycles. The number of esters is 2. The van der Waals surface area contributed by atoms with Crippen molar-refractivity contribution in [2.24, 2.45) is 5.11 Å². The first kappa shape index (κ1) is 25.9. The zero-order valence-corrected chi connectivity index (χ0v) is 19.7. The topological polar surface area (TPSA) is 160 Å². The van der Waals surface area contributed by atoms with Gasteiger partial charge in [0.05, 0.1) is 11.1 Å². The third kappa shape index (κ3) is 5.48. The summed E-state index contributed by atoms with van der Waals surface area (Å²) in [6.07, 6.45) is -6.07. The van der Waals surface area contributed by atoms with Crippen LogP contribution in [0.3, 0.4) is 0 Å². The van der Waals surface area contributed by atoms with Gasteiger partial charge in [0.15, 0.2) is 18.5 Å². The van der Waals surface area contributed by atoms with Crippen LogP contribution in [0, 0.1) is 0 Å². The molecule has 3 amide bonds. The van der Waals surface area contributed by atoms with Crippen molar-refractivity contribution in [1.82, 2.24) is 10.2 Å². The van der Waals surface area contributed by atoms with Crippen molar-refractivity contribution in [2.45, 2.75) is 30.6 Å². The van der Waals surface area contributed by atoms with Gasteiger partial charge in [-0.3, -0.25) is 15.0 Å². The second-order valence-electron chi connectivity index (χ2n) is 8.06. The fraction of sp³-hybridized carbons (Fsp3) is 0.304. The Bertz CT molecular complexity index is 1280. The van der Waals surface area contributed by atoms with Crippen LogP contribution in [-0.4, -0.2) is 66.2 Å². The zero-order valence-electron chi connectivity index (χ0n) is 19.0. The highest BCUT2D eigenvalue weighted by atomic mass is 35.5. The second-order valence-corrected chi connectivity index (χ2v) is 8.50. The molecule has 2 saturated heterocycles. The molecule has 4 atom stereocenters. The monoisotopic (exact) mass is 531 g/mol. The van der Waals surface area contributed by atoms with Crippen molar-refractivity contribution in [1.29, 1.82) is 0 Å². The average molecular weight is 532 g/mol. The van der Waals surface area contributed by atoms with E-state index in [9.17, 15) is 24.7 Å².